The van der Waals surface area contributed by atoms with Gasteiger partial charge in [0.1, 0.15) is 11.6 Å². The Hall–Kier alpha value is -1.93. The molecule has 8 heteroatoms. The minimum atomic E-state index is -1.01. The number of nitrogens with one attached hydrogen (secondary N) is 1. The van der Waals surface area contributed by atoms with Crippen LogP contribution in [-0.2, 0) is 23.1 Å². The number of carbonyl (C=O) groups excluding carboxylic acids is 1. The Bertz CT molecular complexity index is 528. The molecule has 1 fully saturated rings. The Morgan fingerprint density at radius 3 is 3.00 bits per heavy atom. The highest BCUT2D eigenvalue weighted by atomic mass is 16.5. The molecule has 1 amide bonds. The van der Waals surface area contributed by atoms with E-state index < -0.39 is 12.0 Å². The average molecular weight is 296 g/mol. The van der Waals surface area contributed by atoms with Gasteiger partial charge >= 0.3 is 5.97 Å². The van der Waals surface area contributed by atoms with Crippen molar-refractivity contribution in [3.05, 3.63) is 17.5 Å². The Balaban J connectivity index is 2.18. The van der Waals surface area contributed by atoms with Crippen molar-refractivity contribution in [2.45, 2.75) is 19.5 Å². The zero-order valence-electron chi connectivity index (χ0n) is 12.2. The van der Waals surface area contributed by atoms with Crippen LogP contribution < -0.4 is 5.32 Å². The third-order valence-corrected chi connectivity index (χ3v) is 3.54. The highest BCUT2D eigenvalue weighted by Gasteiger charge is 2.30. The van der Waals surface area contributed by atoms with E-state index in [0.29, 0.717) is 38.5 Å². The summed E-state index contributed by atoms with van der Waals surface area (Å²) in [7, 11) is 1.70. The monoisotopic (exact) mass is 296 g/mol. The molecule has 1 aliphatic heterocycles. The topological polar surface area (TPSA) is 96.7 Å². The molecular weight excluding hydrogens is 276 g/mol. The number of amides is 1. The normalized spacial score (nSPS) is 19.4. The Morgan fingerprint density at radius 2 is 2.33 bits per heavy atom. The summed E-state index contributed by atoms with van der Waals surface area (Å²) >= 11 is 0. The number of aromatic carboxylic acids is 1. The molecule has 0 spiro atoms. The van der Waals surface area contributed by atoms with Crippen molar-refractivity contribution >= 4 is 11.9 Å². The average Bonchev–Trinajstić information content (AvgIpc) is 2.81. The molecule has 0 bridgehead atoms. The maximum absolute atomic E-state index is 12.1. The second-order valence-electron chi connectivity index (χ2n) is 4.89. The van der Waals surface area contributed by atoms with E-state index in [1.54, 1.807) is 7.05 Å². The highest BCUT2D eigenvalue weighted by Crippen LogP contribution is 2.15. The third kappa shape index (κ3) is 3.40. The summed E-state index contributed by atoms with van der Waals surface area (Å²) < 4.78 is 6.90. The molecule has 0 radical (unpaired) electrons. The number of carboxylic acid groups (broad SMARTS) is 1. The molecule has 0 aromatic carbocycles. The van der Waals surface area contributed by atoms with Crippen LogP contribution in [0.25, 0.3) is 0 Å². The largest absolute Gasteiger partial charge is 0.478 e. The number of rotatable bonds is 5. The van der Waals surface area contributed by atoms with Gasteiger partial charge in [0.05, 0.1) is 25.1 Å². The molecule has 0 aliphatic carbocycles. The molecule has 1 saturated heterocycles. The standard InChI is InChI=1S/C13H20N4O4/c1-3-14-12(18)11-8-21-5-4-17(11)7-10-9(13(19)20)6-15-16(10)2/h6,11H,3-5,7-8H2,1-2H3,(H,14,18)(H,19,20). The van der Waals surface area contributed by atoms with Gasteiger partial charge in [-0.25, -0.2) is 4.79 Å². The maximum Gasteiger partial charge on any atom is 0.339 e. The van der Waals surface area contributed by atoms with Gasteiger partial charge in [-0.1, -0.05) is 0 Å². The van der Waals surface area contributed by atoms with Crippen LogP contribution in [0.2, 0.25) is 0 Å². The number of hydrogen-bond acceptors (Lipinski definition) is 5. The Morgan fingerprint density at radius 1 is 1.57 bits per heavy atom. The van der Waals surface area contributed by atoms with E-state index in [4.69, 9.17) is 4.74 Å². The van der Waals surface area contributed by atoms with E-state index in [1.165, 1.54) is 10.9 Å². The molecule has 8 nitrogen and oxygen atoms in total. The van der Waals surface area contributed by atoms with Crippen molar-refractivity contribution in [3.63, 3.8) is 0 Å². The summed E-state index contributed by atoms with van der Waals surface area (Å²) in [6, 6.07) is -0.407. The van der Waals surface area contributed by atoms with Crippen LogP contribution in [-0.4, -0.2) is 64.0 Å². The van der Waals surface area contributed by atoms with E-state index >= 15 is 0 Å². The molecule has 1 aromatic heterocycles. The van der Waals surface area contributed by atoms with E-state index in [1.807, 2.05) is 11.8 Å². The number of aryl methyl sites for hydroxylation is 1. The fourth-order valence-electron chi connectivity index (χ4n) is 2.38. The van der Waals surface area contributed by atoms with Gasteiger partial charge in [-0.2, -0.15) is 5.10 Å². The van der Waals surface area contributed by atoms with Gasteiger partial charge < -0.3 is 15.2 Å². The minimum Gasteiger partial charge on any atom is -0.478 e. The predicted molar refractivity (Wildman–Crippen MR) is 73.9 cm³/mol. The number of aromatic nitrogens is 2. The van der Waals surface area contributed by atoms with Gasteiger partial charge in [0, 0.05) is 26.7 Å². The van der Waals surface area contributed by atoms with Crippen LogP contribution in [0.15, 0.2) is 6.20 Å². The Labute approximate surface area is 122 Å². The van der Waals surface area contributed by atoms with Gasteiger partial charge in [-0.3, -0.25) is 14.4 Å². The van der Waals surface area contributed by atoms with Gasteiger partial charge in [-0.15, -0.1) is 0 Å². The van der Waals surface area contributed by atoms with Gasteiger partial charge in [0.25, 0.3) is 0 Å². The summed E-state index contributed by atoms with van der Waals surface area (Å²) in [6.07, 6.45) is 1.33. The van der Waals surface area contributed by atoms with Crippen molar-refractivity contribution in [1.82, 2.24) is 20.0 Å². The van der Waals surface area contributed by atoms with Crippen LogP contribution in [0.1, 0.15) is 23.0 Å². The first-order valence-electron chi connectivity index (χ1n) is 6.88. The molecule has 2 N–H and O–H groups in total. The fraction of sp³-hybridized carbons (Fsp3) is 0.615. The van der Waals surface area contributed by atoms with E-state index in [0.717, 1.165) is 0 Å². The second kappa shape index (κ2) is 6.68. The van der Waals surface area contributed by atoms with Gasteiger partial charge in [0.2, 0.25) is 5.91 Å². The van der Waals surface area contributed by atoms with Gasteiger partial charge in [0.15, 0.2) is 0 Å². The molecule has 1 atom stereocenters. The van der Waals surface area contributed by atoms with Crippen LogP contribution in [0.3, 0.4) is 0 Å². The summed E-state index contributed by atoms with van der Waals surface area (Å²) in [5, 5.41) is 16.0. The van der Waals surface area contributed by atoms with Crippen LogP contribution in [0.4, 0.5) is 0 Å². The lowest BCUT2D eigenvalue weighted by Crippen LogP contribution is -2.53. The summed E-state index contributed by atoms with van der Waals surface area (Å²) in [5.74, 6) is -1.11. The molecule has 1 aromatic rings. The highest BCUT2D eigenvalue weighted by molar-refractivity contribution is 5.88. The smallest absolute Gasteiger partial charge is 0.339 e. The number of hydrogen-bond donors (Lipinski definition) is 2. The second-order valence-corrected chi connectivity index (χ2v) is 4.89. The Kier molecular flexibility index (Phi) is 4.92. The quantitative estimate of drug-likeness (QED) is 0.757. The zero-order valence-corrected chi connectivity index (χ0v) is 12.2. The molecule has 2 heterocycles. The number of likely N-dealkylation sites (N-methyl/N-ethyl adjacent to an activating group) is 1. The summed E-state index contributed by atoms with van der Waals surface area (Å²) in [4.78, 5) is 25.2. The van der Waals surface area contributed by atoms with Crippen LogP contribution >= 0.6 is 0 Å². The first-order chi connectivity index (χ1) is 10.0. The van der Waals surface area contributed by atoms with Crippen LogP contribution in [0, 0.1) is 0 Å². The lowest BCUT2D eigenvalue weighted by atomic mass is 10.1. The van der Waals surface area contributed by atoms with Crippen LogP contribution in [0.5, 0.6) is 0 Å². The molecule has 116 valence electrons. The molecule has 2 rings (SSSR count). The minimum absolute atomic E-state index is 0.101. The molecule has 1 unspecified atom stereocenters. The summed E-state index contributed by atoms with van der Waals surface area (Å²) in [6.45, 7) is 4.17. The van der Waals surface area contributed by atoms with Crippen molar-refractivity contribution in [1.29, 1.82) is 0 Å². The number of carbonyl (C=O) groups is 2. The maximum atomic E-state index is 12.1. The van der Waals surface area contributed by atoms with E-state index in [2.05, 4.69) is 10.4 Å². The number of carboxylic acids is 1. The third-order valence-electron chi connectivity index (χ3n) is 3.54. The van der Waals surface area contributed by atoms with Gasteiger partial charge in [-0.05, 0) is 6.92 Å². The summed E-state index contributed by atoms with van der Waals surface area (Å²) in [5.41, 5.74) is 0.748. The SMILES string of the molecule is CCNC(=O)C1COCCN1Cc1c(C(=O)O)cnn1C. The molecule has 21 heavy (non-hydrogen) atoms. The van der Waals surface area contributed by atoms with Crippen molar-refractivity contribution in [3.8, 4) is 0 Å². The fourth-order valence-corrected chi connectivity index (χ4v) is 2.38. The van der Waals surface area contributed by atoms with Crippen molar-refractivity contribution < 1.29 is 19.4 Å². The number of morpholine rings is 1. The number of ether oxygens (including phenoxy) is 1. The van der Waals surface area contributed by atoms with Crippen molar-refractivity contribution in [2.75, 3.05) is 26.3 Å². The van der Waals surface area contributed by atoms with Crippen molar-refractivity contribution in [2.24, 2.45) is 7.05 Å². The van der Waals surface area contributed by atoms with E-state index in [9.17, 15) is 14.7 Å². The first-order valence-corrected chi connectivity index (χ1v) is 6.88. The first kappa shape index (κ1) is 15.5. The lowest BCUT2D eigenvalue weighted by molar-refractivity contribution is -0.132. The molecule has 1 aliphatic rings. The molecular formula is C13H20N4O4. The zero-order chi connectivity index (χ0) is 15.4. The van der Waals surface area contributed by atoms with E-state index in [-0.39, 0.29) is 11.5 Å². The predicted octanol–water partition coefficient (Wildman–Crippen LogP) is -0.545. The number of nitrogens with zero attached hydrogens (tertiary/aromatic N) is 3. The lowest BCUT2D eigenvalue weighted by Gasteiger charge is -2.34. The molecule has 0 saturated carbocycles.